The van der Waals surface area contributed by atoms with Crippen molar-refractivity contribution in [3.05, 3.63) is 65.1 Å². The first kappa shape index (κ1) is 15.5. The Balaban J connectivity index is 1.61. The van der Waals surface area contributed by atoms with Crippen LogP contribution in [0.3, 0.4) is 0 Å². The summed E-state index contributed by atoms with van der Waals surface area (Å²) in [7, 11) is 0. The number of carbonyl (C=O) groups is 1. The maximum absolute atomic E-state index is 12.1. The quantitative estimate of drug-likeness (QED) is 0.782. The van der Waals surface area contributed by atoms with Crippen LogP contribution in [0.25, 0.3) is 5.65 Å². The van der Waals surface area contributed by atoms with Gasteiger partial charge in [0.15, 0.2) is 11.5 Å². The number of aromatic nitrogens is 3. The molecule has 0 aliphatic carbocycles. The fourth-order valence-electron chi connectivity index (χ4n) is 2.48. The Morgan fingerprint density at radius 3 is 2.96 bits per heavy atom. The highest BCUT2D eigenvalue weighted by molar-refractivity contribution is 6.30. The number of hydrogen-bond acceptors (Lipinski definition) is 3. The summed E-state index contributed by atoms with van der Waals surface area (Å²) in [4.78, 5) is 12.1. The van der Waals surface area contributed by atoms with Crippen LogP contribution >= 0.6 is 11.6 Å². The third-order valence-corrected chi connectivity index (χ3v) is 3.87. The van der Waals surface area contributed by atoms with Crippen LogP contribution in [0.1, 0.15) is 30.8 Å². The molecule has 23 heavy (non-hydrogen) atoms. The molecule has 118 valence electrons. The molecule has 0 bridgehead atoms. The molecule has 1 unspecified atom stereocenters. The van der Waals surface area contributed by atoms with Gasteiger partial charge in [-0.25, -0.2) is 0 Å². The molecule has 0 aliphatic rings. The summed E-state index contributed by atoms with van der Waals surface area (Å²) in [5.74, 6) is 0.696. The molecule has 0 radical (unpaired) electrons. The normalized spacial score (nSPS) is 12.3. The van der Waals surface area contributed by atoms with Crippen LogP contribution in [0.5, 0.6) is 0 Å². The molecule has 1 aromatic carbocycles. The molecule has 3 rings (SSSR count). The van der Waals surface area contributed by atoms with Gasteiger partial charge in [0.2, 0.25) is 5.91 Å². The zero-order chi connectivity index (χ0) is 16.2. The fraction of sp³-hybridized carbons (Fsp3) is 0.235. The molecule has 2 heterocycles. The number of hydrogen-bond donors (Lipinski definition) is 1. The number of aryl methyl sites for hydroxylation is 1. The maximum Gasteiger partial charge on any atom is 0.220 e. The van der Waals surface area contributed by atoms with Gasteiger partial charge >= 0.3 is 0 Å². The van der Waals surface area contributed by atoms with Crippen molar-refractivity contribution < 1.29 is 4.79 Å². The van der Waals surface area contributed by atoms with Crippen molar-refractivity contribution in [2.45, 2.75) is 25.8 Å². The Morgan fingerprint density at radius 2 is 2.13 bits per heavy atom. The van der Waals surface area contributed by atoms with Crippen molar-refractivity contribution >= 4 is 23.2 Å². The molecule has 1 atom stereocenters. The number of rotatable bonds is 5. The molecular formula is C17H17ClN4O. The topological polar surface area (TPSA) is 59.3 Å². The van der Waals surface area contributed by atoms with E-state index in [2.05, 4.69) is 15.5 Å². The molecule has 5 nitrogen and oxygen atoms in total. The van der Waals surface area contributed by atoms with Gasteiger partial charge in [-0.15, -0.1) is 10.2 Å². The summed E-state index contributed by atoms with van der Waals surface area (Å²) < 4.78 is 1.88. The Hall–Kier alpha value is -2.40. The fourth-order valence-corrected chi connectivity index (χ4v) is 2.70. The molecule has 0 spiro atoms. The smallest absolute Gasteiger partial charge is 0.220 e. The van der Waals surface area contributed by atoms with Gasteiger partial charge in [0.1, 0.15) is 0 Å². The lowest BCUT2D eigenvalue weighted by molar-refractivity contribution is -0.121. The van der Waals surface area contributed by atoms with Crippen LogP contribution in [0.2, 0.25) is 5.02 Å². The van der Waals surface area contributed by atoms with E-state index < -0.39 is 0 Å². The van der Waals surface area contributed by atoms with Crippen molar-refractivity contribution in [2.24, 2.45) is 0 Å². The van der Waals surface area contributed by atoms with E-state index in [0.717, 1.165) is 17.0 Å². The molecule has 0 saturated carbocycles. The minimum Gasteiger partial charge on any atom is -0.346 e. The van der Waals surface area contributed by atoms with Gasteiger partial charge in [0.05, 0.1) is 6.04 Å². The zero-order valence-electron chi connectivity index (χ0n) is 12.7. The first-order valence-corrected chi connectivity index (χ1v) is 7.85. The molecule has 0 fully saturated rings. The molecule has 0 aliphatic heterocycles. The van der Waals surface area contributed by atoms with Gasteiger partial charge in [-0.3, -0.25) is 9.20 Å². The summed E-state index contributed by atoms with van der Waals surface area (Å²) in [6, 6.07) is 13.0. The highest BCUT2D eigenvalue weighted by Crippen LogP contribution is 2.14. The van der Waals surface area contributed by atoms with Gasteiger partial charge in [-0.2, -0.15) is 0 Å². The van der Waals surface area contributed by atoms with Gasteiger partial charge in [0.25, 0.3) is 0 Å². The minimum atomic E-state index is -0.209. The van der Waals surface area contributed by atoms with Crippen LogP contribution in [0, 0.1) is 0 Å². The third-order valence-electron chi connectivity index (χ3n) is 3.63. The lowest BCUT2D eigenvalue weighted by atomic mass is 10.1. The summed E-state index contributed by atoms with van der Waals surface area (Å²) >= 11 is 5.95. The average Bonchev–Trinajstić information content (AvgIpc) is 2.97. The second kappa shape index (κ2) is 6.79. The number of amides is 1. The summed E-state index contributed by atoms with van der Waals surface area (Å²) in [5, 5.41) is 11.9. The predicted molar refractivity (Wildman–Crippen MR) is 89.3 cm³/mol. The molecule has 1 amide bonds. The van der Waals surface area contributed by atoms with E-state index in [1.54, 1.807) is 0 Å². The van der Waals surface area contributed by atoms with Crippen molar-refractivity contribution in [3.8, 4) is 0 Å². The summed E-state index contributed by atoms with van der Waals surface area (Å²) in [6.07, 6.45) is 2.94. The van der Waals surface area contributed by atoms with Crippen LogP contribution in [-0.2, 0) is 11.2 Å². The predicted octanol–water partition coefficient (Wildman–Crippen LogP) is 3.19. The van der Waals surface area contributed by atoms with Crippen LogP contribution in [-0.4, -0.2) is 20.5 Å². The Morgan fingerprint density at radius 1 is 1.26 bits per heavy atom. The van der Waals surface area contributed by atoms with Crippen LogP contribution in [0.4, 0.5) is 0 Å². The number of nitrogens with one attached hydrogen (secondary N) is 1. The first-order valence-electron chi connectivity index (χ1n) is 7.47. The Bertz CT molecular complexity index is 830. The molecule has 1 N–H and O–H groups in total. The van der Waals surface area contributed by atoms with Gasteiger partial charge in [-0.05, 0) is 43.2 Å². The van der Waals surface area contributed by atoms with E-state index in [9.17, 15) is 4.79 Å². The number of carbonyl (C=O) groups excluding carboxylic acids is 1. The summed E-state index contributed by atoms with van der Waals surface area (Å²) in [6.45, 7) is 1.90. The number of halogens is 1. The standard InChI is InChI=1S/C17H17ClN4O/c1-12(17-21-20-15-7-2-3-10-22(15)17)19-16(23)9-8-13-5-4-6-14(18)11-13/h2-7,10-12H,8-9H2,1H3,(H,19,23). The molecule has 3 aromatic rings. The lowest BCUT2D eigenvalue weighted by Gasteiger charge is -2.12. The van der Waals surface area contributed by atoms with Crippen LogP contribution in [0.15, 0.2) is 48.7 Å². The van der Waals surface area contributed by atoms with Crippen molar-refractivity contribution in [3.63, 3.8) is 0 Å². The van der Waals surface area contributed by atoms with E-state index in [0.29, 0.717) is 17.9 Å². The second-order valence-corrected chi connectivity index (χ2v) is 5.84. The molecular weight excluding hydrogens is 312 g/mol. The lowest BCUT2D eigenvalue weighted by Crippen LogP contribution is -2.28. The monoisotopic (exact) mass is 328 g/mol. The van der Waals surface area contributed by atoms with Gasteiger partial charge in [0, 0.05) is 17.6 Å². The SMILES string of the molecule is CC(NC(=O)CCc1cccc(Cl)c1)c1nnc2ccccn12. The highest BCUT2D eigenvalue weighted by Gasteiger charge is 2.15. The third kappa shape index (κ3) is 3.68. The second-order valence-electron chi connectivity index (χ2n) is 5.41. The minimum absolute atomic E-state index is 0.0230. The van der Waals surface area contributed by atoms with Crippen molar-refractivity contribution in [1.82, 2.24) is 19.9 Å². The Labute approximate surface area is 139 Å². The van der Waals surface area contributed by atoms with Gasteiger partial charge in [-0.1, -0.05) is 29.8 Å². The maximum atomic E-state index is 12.1. The van der Waals surface area contributed by atoms with Crippen LogP contribution < -0.4 is 5.32 Å². The highest BCUT2D eigenvalue weighted by atomic mass is 35.5. The van der Waals surface area contributed by atoms with E-state index in [4.69, 9.17) is 11.6 Å². The van der Waals surface area contributed by atoms with E-state index >= 15 is 0 Å². The Kier molecular flexibility index (Phi) is 4.57. The number of fused-ring (bicyclic) bond motifs is 1. The van der Waals surface area contributed by atoms with E-state index in [1.807, 2.05) is 60.0 Å². The van der Waals surface area contributed by atoms with Crippen molar-refractivity contribution in [2.75, 3.05) is 0 Å². The number of nitrogens with zero attached hydrogens (tertiary/aromatic N) is 3. The first-order chi connectivity index (χ1) is 11.1. The number of benzene rings is 1. The summed E-state index contributed by atoms with van der Waals surface area (Å²) in [5.41, 5.74) is 1.82. The zero-order valence-corrected chi connectivity index (χ0v) is 13.5. The van der Waals surface area contributed by atoms with Gasteiger partial charge < -0.3 is 5.32 Å². The molecule has 6 heteroatoms. The van der Waals surface area contributed by atoms with E-state index in [1.165, 1.54) is 0 Å². The number of pyridine rings is 1. The van der Waals surface area contributed by atoms with E-state index in [-0.39, 0.29) is 11.9 Å². The van der Waals surface area contributed by atoms with Crippen molar-refractivity contribution in [1.29, 1.82) is 0 Å². The average molecular weight is 329 g/mol. The molecule has 0 saturated heterocycles. The largest absolute Gasteiger partial charge is 0.346 e. The molecule has 2 aromatic heterocycles.